The van der Waals surface area contributed by atoms with Crippen molar-refractivity contribution in [2.24, 2.45) is 11.8 Å². The number of rotatable bonds is 2. The minimum Gasteiger partial charge on any atom is -0.333 e. The van der Waals surface area contributed by atoms with Gasteiger partial charge in [-0.2, -0.15) is 0 Å². The van der Waals surface area contributed by atoms with E-state index in [9.17, 15) is 4.79 Å². The molecule has 0 saturated heterocycles. The van der Waals surface area contributed by atoms with Gasteiger partial charge in [0.2, 0.25) is 0 Å². The predicted octanol–water partition coefficient (Wildman–Crippen LogP) is 2.08. The Labute approximate surface area is 86.9 Å². The van der Waals surface area contributed by atoms with Gasteiger partial charge in [-0.15, -0.1) is 0 Å². The van der Waals surface area contributed by atoms with Crippen molar-refractivity contribution in [1.82, 2.24) is 10.2 Å². The van der Waals surface area contributed by atoms with Crippen LogP contribution >= 0.6 is 0 Å². The van der Waals surface area contributed by atoms with Crippen molar-refractivity contribution in [1.29, 1.82) is 0 Å². The van der Waals surface area contributed by atoms with E-state index in [1.807, 2.05) is 27.8 Å². The molecule has 14 heavy (non-hydrogen) atoms. The van der Waals surface area contributed by atoms with Gasteiger partial charge in [-0.1, -0.05) is 6.92 Å². The van der Waals surface area contributed by atoms with E-state index in [1.54, 1.807) is 4.90 Å². The zero-order chi connectivity index (χ0) is 10.9. The highest BCUT2D eigenvalue weighted by molar-refractivity contribution is 5.74. The normalized spacial score (nSPS) is 25.8. The van der Waals surface area contributed by atoms with Crippen LogP contribution in [0.2, 0.25) is 0 Å². The highest BCUT2D eigenvalue weighted by Crippen LogP contribution is 2.37. The molecule has 1 aliphatic carbocycles. The topological polar surface area (TPSA) is 32.3 Å². The van der Waals surface area contributed by atoms with Crippen LogP contribution in [-0.4, -0.2) is 30.1 Å². The summed E-state index contributed by atoms with van der Waals surface area (Å²) in [5, 5.41) is 2.95. The Bertz CT molecular complexity index is 220. The van der Waals surface area contributed by atoms with Gasteiger partial charge in [0.05, 0.1) is 0 Å². The number of nitrogens with zero attached hydrogens (tertiary/aromatic N) is 1. The van der Waals surface area contributed by atoms with Gasteiger partial charge in [0.15, 0.2) is 0 Å². The van der Waals surface area contributed by atoms with Crippen LogP contribution in [0.1, 0.15) is 34.1 Å². The van der Waals surface area contributed by atoms with E-state index in [0.29, 0.717) is 0 Å². The smallest absolute Gasteiger partial charge is 0.317 e. The maximum Gasteiger partial charge on any atom is 0.317 e. The molecule has 0 aromatic heterocycles. The Morgan fingerprint density at radius 1 is 1.50 bits per heavy atom. The lowest BCUT2D eigenvalue weighted by molar-refractivity contribution is 0.197. The lowest BCUT2D eigenvalue weighted by Crippen LogP contribution is -2.47. The summed E-state index contributed by atoms with van der Waals surface area (Å²) in [6.07, 6.45) is 1.27. The summed E-state index contributed by atoms with van der Waals surface area (Å²) in [5.41, 5.74) is -0.138. The summed E-state index contributed by atoms with van der Waals surface area (Å²) in [7, 11) is 1.87. The van der Waals surface area contributed by atoms with Crippen molar-refractivity contribution >= 4 is 6.03 Å². The number of urea groups is 1. The van der Waals surface area contributed by atoms with Gasteiger partial charge in [-0.25, -0.2) is 4.79 Å². The van der Waals surface area contributed by atoms with Crippen molar-refractivity contribution in [2.75, 3.05) is 13.6 Å². The zero-order valence-electron chi connectivity index (χ0n) is 9.92. The van der Waals surface area contributed by atoms with Gasteiger partial charge in [0.1, 0.15) is 0 Å². The lowest BCUT2D eigenvalue weighted by Gasteiger charge is -2.25. The summed E-state index contributed by atoms with van der Waals surface area (Å²) >= 11 is 0. The second-order valence-electron chi connectivity index (χ2n) is 5.53. The third-order valence-electron chi connectivity index (χ3n) is 2.61. The maximum absolute atomic E-state index is 11.6. The summed E-state index contributed by atoms with van der Waals surface area (Å²) in [5.74, 6) is 1.53. The number of carbonyl (C=O) groups is 1. The fourth-order valence-corrected chi connectivity index (χ4v) is 1.50. The van der Waals surface area contributed by atoms with Crippen molar-refractivity contribution in [3.05, 3.63) is 0 Å². The molecule has 82 valence electrons. The summed E-state index contributed by atoms with van der Waals surface area (Å²) < 4.78 is 0. The highest BCUT2D eigenvalue weighted by atomic mass is 16.2. The van der Waals surface area contributed by atoms with Crippen LogP contribution in [0, 0.1) is 11.8 Å². The van der Waals surface area contributed by atoms with Crippen LogP contribution in [0.15, 0.2) is 0 Å². The van der Waals surface area contributed by atoms with E-state index >= 15 is 0 Å². The third kappa shape index (κ3) is 3.56. The molecule has 2 amide bonds. The molecule has 3 heteroatoms. The second-order valence-corrected chi connectivity index (χ2v) is 5.53. The van der Waals surface area contributed by atoms with Crippen molar-refractivity contribution in [3.63, 3.8) is 0 Å². The molecule has 0 aromatic rings. The molecule has 1 aliphatic rings. The SMILES string of the molecule is CC1CC1CN(C)C(=O)NC(C)(C)C. The van der Waals surface area contributed by atoms with Gasteiger partial charge < -0.3 is 10.2 Å². The van der Waals surface area contributed by atoms with Crippen molar-refractivity contribution in [3.8, 4) is 0 Å². The second kappa shape index (κ2) is 3.79. The predicted molar refractivity (Wildman–Crippen MR) is 58.2 cm³/mol. The highest BCUT2D eigenvalue weighted by Gasteiger charge is 2.34. The molecule has 2 unspecified atom stereocenters. The molecule has 1 fully saturated rings. The quantitative estimate of drug-likeness (QED) is 0.724. The minimum absolute atomic E-state index is 0.0385. The molecule has 2 atom stereocenters. The fraction of sp³-hybridized carbons (Fsp3) is 0.909. The number of hydrogen-bond acceptors (Lipinski definition) is 1. The summed E-state index contributed by atoms with van der Waals surface area (Å²) in [4.78, 5) is 13.4. The van der Waals surface area contributed by atoms with Crippen molar-refractivity contribution < 1.29 is 4.79 Å². The van der Waals surface area contributed by atoms with Gasteiger partial charge >= 0.3 is 6.03 Å². The molecular formula is C11H22N2O. The average molecular weight is 198 g/mol. The molecule has 0 aromatic carbocycles. The lowest BCUT2D eigenvalue weighted by atomic mass is 10.1. The van der Waals surface area contributed by atoms with E-state index in [2.05, 4.69) is 12.2 Å². The van der Waals surface area contributed by atoms with Crippen LogP contribution in [0.4, 0.5) is 4.79 Å². The third-order valence-corrected chi connectivity index (χ3v) is 2.61. The summed E-state index contributed by atoms with van der Waals surface area (Å²) in [6, 6.07) is 0.0385. The Hall–Kier alpha value is -0.730. The first-order chi connectivity index (χ1) is 6.29. The largest absolute Gasteiger partial charge is 0.333 e. The molecule has 0 heterocycles. The number of hydrogen-bond donors (Lipinski definition) is 1. The van der Waals surface area contributed by atoms with Gasteiger partial charge in [-0.05, 0) is 39.0 Å². The van der Waals surface area contributed by atoms with Crippen molar-refractivity contribution in [2.45, 2.75) is 39.7 Å². The molecule has 0 spiro atoms. The molecule has 1 rings (SSSR count). The van der Waals surface area contributed by atoms with Gasteiger partial charge in [0, 0.05) is 19.1 Å². The minimum atomic E-state index is -0.138. The van der Waals surface area contributed by atoms with E-state index in [1.165, 1.54) is 6.42 Å². The molecule has 0 bridgehead atoms. The molecule has 1 N–H and O–H groups in total. The Morgan fingerprint density at radius 2 is 2.00 bits per heavy atom. The molecule has 1 saturated carbocycles. The number of carbonyl (C=O) groups excluding carboxylic acids is 1. The zero-order valence-corrected chi connectivity index (χ0v) is 9.92. The fourth-order valence-electron chi connectivity index (χ4n) is 1.50. The molecule has 3 nitrogen and oxygen atoms in total. The first kappa shape index (κ1) is 11.3. The van der Waals surface area contributed by atoms with Crippen LogP contribution in [-0.2, 0) is 0 Å². The Kier molecular flexibility index (Phi) is 3.07. The molecule has 0 aliphatic heterocycles. The maximum atomic E-state index is 11.6. The van der Waals surface area contributed by atoms with Gasteiger partial charge in [0.25, 0.3) is 0 Å². The molecule has 0 radical (unpaired) electrons. The monoisotopic (exact) mass is 198 g/mol. The number of nitrogens with one attached hydrogen (secondary N) is 1. The Morgan fingerprint density at radius 3 is 2.36 bits per heavy atom. The van der Waals surface area contributed by atoms with Crippen LogP contribution in [0.3, 0.4) is 0 Å². The van der Waals surface area contributed by atoms with E-state index in [-0.39, 0.29) is 11.6 Å². The first-order valence-corrected chi connectivity index (χ1v) is 5.33. The van der Waals surface area contributed by atoms with E-state index < -0.39 is 0 Å². The van der Waals surface area contributed by atoms with Crippen LogP contribution in [0.5, 0.6) is 0 Å². The van der Waals surface area contributed by atoms with E-state index in [0.717, 1.165) is 18.4 Å². The van der Waals surface area contributed by atoms with Gasteiger partial charge in [-0.3, -0.25) is 0 Å². The Balaban J connectivity index is 2.29. The van der Waals surface area contributed by atoms with Crippen LogP contribution in [0.25, 0.3) is 0 Å². The van der Waals surface area contributed by atoms with E-state index in [4.69, 9.17) is 0 Å². The summed E-state index contributed by atoms with van der Waals surface area (Å²) in [6.45, 7) is 9.12. The first-order valence-electron chi connectivity index (χ1n) is 5.33. The molecular weight excluding hydrogens is 176 g/mol. The number of amides is 2. The average Bonchev–Trinajstić information content (AvgIpc) is 2.62. The standard InChI is InChI=1S/C11H22N2O/c1-8-6-9(8)7-13(5)10(14)12-11(2,3)4/h8-9H,6-7H2,1-5H3,(H,12,14). The van der Waals surface area contributed by atoms with Crippen LogP contribution < -0.4 is 5.32 Å².